The van der Waals surface area contributed by atoms with Crippen LogP contribution in [0.15, 0.2) is 30.3 Å². The van der Waals surface area contributed by atoms with E-state index in [9.17, 15) is 10.1 Å². The van der Waals surface area contributed by atoms with E-state index in [-0.39, 0.29) is 5.97 Å². The molecule has 0 radical (unpaired) electrons. The van der Waals surface area contributed by atoms with Gasteiger partial charge in [0.15, 0.2) is 0 Å². The molecule has 0 saturated carbocycles. The normalized spacial score (nSPS) is 11.7. The molecule has 4 aromatic rings. The van der Waals surface area contributed by atoms with Crippen molar-refractivity contribution in [1.82, 2.24) is 14.5 Å². The Labute approximate surface area is 184 Å². The van der Waals surface area contributed by atoms with Crippen LogP contribution in [-0.2, 0) is 4.74 Å². The highest BCUT2D eigenvalue weighted by atomic mass is 32.1. The van der Waals surface area contributed by atoms with Gasteiger partial charge < -0.3 is 14.3 Å². The molecule has 0 fully saturated rings. The summed E-state index contributed by atoms with van der Waals surface area (Å²) < 4.78 is 7.09. The summed E-state index contributed by atoms with van der Waals surface area (Å²) >= 11 is 1.56. The summed E-state index contributed by atoms with van der Waals surface area (Å²) in [4.78, 5) is 21.3. The smallest absolute Gasteiger partial charge is 0.341 e. The van der Waals surface area contributed by atoms with Crippen LogP contribution in [0.3, 0.4) is 0 Å². The number of carbonyl (C=O) groups is 1. The lowest BCUT2D eigenvalue weighted by atomic mass is 10.1. The third-order valence-corrected chi connectivity index (χ3v) is 6.69. The molecule has 0 aliphatic heterocycles. The van der Waals surface area contributed by atoms with E-state index in [0.717, 1.165) is 43.4 Å². The van der Waals surface area contributed by atoms with Crippen molar-refractivity contribution in [1.29, 1.82) is 5.26 Å². The van der Waals surface area contributed by atoms with E-state index in [4.69, 9.17) is 4.74 Å². The number of rotatable bonds is 4. The van der Waals surface area contributed by atoms with Crippen molar-refractivity contribution >= 4 is 40.0 Å². The lowest BCUT2D eigenvalue weighted by Crippen LogP contribution is -2.08. The predicted molar refractivity (Wildman–Crippen MR) is 124 cm³/mol. The number of nitrogens with zero attached hydrogens (tertiary/aromatic N) is 3. The standard InChI is InChI=1S/C24H22N4O2S/c1-13-10-17(11-18(12-25)22-26-19-8-6-7-9-20(19)27-22)15(3)28(13)23-21(24(29)30-5)14(2)16(4)31-23/h6-11H,1-5H3,(H,26,27). The molecule has 3 heterocycles. The monoisotopic (exact) mass is 430 g/mol. The molecule has 0 spiro atoms. The van der Waals surface area contributed by atoms with Gasteiger partial charge in [0.1, 0.15) is 16.9 Å². The average molecular weight is 431 g/mol. The maximum atomic E-state index is 12.5. The molecule has 3 aromatic heterocycles. The molecular formula is C24H22N4O2S. The van der Waals surface area contributed by atoms with Gasteiger partial charge in [-0.1, -0.05) is 12.1 Å². The van der Waals surface area contributed by atoms with Gasteiger partial charge in [0, 0.05) is 16.3 Å². The summed E-state index contributed by atoms with van der Waals surface area (Å²) in [6.07, 6.45) is 1.84. The van der Waals surface area contributed by atoms with Crippen LogP contribution in [0.1, 0.15) is 43.6 Å². The second-order valence-electron chi connectivity index (χ2n) is 7.39. The SMILES string of the molecule is COC(=O)c1c(-n2c(C)cc(C=C(C#N)c3nc4ccccc4[nH]3)c2C)sc(C)c1C. The van der Waals surface area contributed by atoms with Gasteiger partial charge in [0.25, 0.3) is 0 Å². The van der Waals surface area contributed by atoms with Gasteiger partial charge in [0.2, 0.25) is 0 Å². The fourth-order valence-electron chi connectivity index (χ4n) is 3.74. The number of benzene rings is 1. The van der Waals surface area contributed by atoms with Crippen LogP contribution in [-0.4, -0.2) is 27.6 Å². The number of carbonyl (C=O) groups excluding carboxylic acids is 1. The molecule has 0 atom stereocenters. The molecule has 31 heavy (non-hydrogen) atoms. The molecule has 156 valence electrons. The lowest BCUT2D eigenvalue weighted by molar-refractivity contribution is 0.0600. The fourth-order valence-corrected chi connectivity index (χ4v) is 5.00. The number of aryl methyl sites for hydroxylation is 2. The molecule has 6 nitrogen and oxygen atoms in total. The highest BCUT2D eigenvalue weighted by Gasteiger charge is 2.24. The number of nitrogens with one attached hydrogen (secondary N) is 1. The number of para-hydroxylation sites is 2. The first kappa shape index (κ1) is 20.6. The Hall–Kier alpha value is -3.63. The summed E-state index contributed by atoms with van der Waals surface area (Å²) in [5, 5.41) is 10.6. The number of H-pyrrole nitrogens is 1. The molecule has 0 aliphatic carbocycles. The first-order valence-electron chi connectivity index (χ1n) is 9.80. The zero-order valence-electron chi connectivity index (χ0n) is 18.0. The molecule has 1 N–H and O–H groups in total. The van der Waals surface area contributed by atoms with Crippen LogP contribution >= 0.6 is 11.3 Å². The van der Waals surface area contributed by atoms with Gasteiger partial charge in [-0.25, -0.2) is 9.78 Å². The van der Waals surface area contributed by atoms with Crippen LogP contribution in [0.25, 0.3) is 27.7 Å². The fraction of sp³-hybridized carbons (Fsp3) is 0.208. The number of ether oxygens (including phenoxy) is 1. The number of fused-ring (bicyclic) bond motifs is 1. The summed E-state index contributed by atoms with van der Waals surface area (Å²) in [5.41, 5.74) is 6.46. The number of hydrogen-bond donors (Lipinski definition) is 1. The number of esters is 1. The Morgan fingerprint density at radius 3 is 2.68 bits per heavy atom. The number of hydrogen-bond acceptors (Lipinski definition) is 5. The third-order valence-electron chi connectivity index (χ3n) is 5.49. The highest BCUT2D eigenvalue weighted by molar-refractivity contribution is 7.15. The molecule has 4 rings (SSSR count). The number of allylic oxidation sites excluding steroid dienone is 1. The Morgan fingerprint density at radius 1 is 1.26 bits per heavy atom. The van der Waals surface area contributed by atoms with E-state index in [0.29, 0.717) is 17.0 Å². The van der Waals surface area contributed by atoms with Crippen LogP contribution in [0.5, 0.6) is 0 Å². The highest BCUT2D eigenvalue weighted by Crippen LogP contribution is 2.35. The summed E-state index contributed by atoms with van der Waals surface area (Å²) in [6.45, 7) is 7.91. The second kappa shape index (κ2) is 7.89. The molecule has 0 amide bonds. The summed E-state index contributed by atoms with van der Waals surface area (Å²) in [6, 6.07) is 12.0. The maximum Gasteiger partial charge on any atom is 0.341 e. The molecule has 0 unspecified atom stereocenters. The van der Waals surface area contributed by atoms with Crippen LogP contribution in [0, 0.1) is 39.0 Å². The van der Waals surface area contributed by atoms with Crippen LogP contribution in [0.2, 0.25) is 0 Å². The maximum absolute atomic E-state index is 12.5. The second-order valence-corrected chi connectivity index (χ2v) is 8.59. The van der Waals surface area contributed by atoms with E-state index in [1.165, 1.54) is 7.11 Å². The number of nitriles is 1. The summed E-state index contributed by atoms with van der Waals surface area (Å²) in [5.74, 6) is 0.188. The molecule has 1 aromatic carbocycles. The van der Waals surface area contributed by atoms with E-state index in [2.05, 4.69) is 20.6 Å². The minimum Gasteiger partial charge on any atom is -0.465 e. The van der Waals surface area contributed by atoms with Gasteiger partial charge in [0.05, 0.1) is 29.3 Å². The Balaban J connectivity index is 1.85. The molecule has 7 heteroatoms. The first-order valence-corrected chi connectivity index (χ1v) is 10.6. The Bertz CT molecular complexity index is 1360. The topological polar surface area (TPSA) is 83.7 Å². The Morgan fingerprint density at radius 2 is 2.00 bits per heavy atom. The number of aromatic amines is 1. The first-order chi connectivity index (χ1) is 14.8. The number of imidazole rings is 1. The van der Waals surface area contributed by atoms with Crippen LogP contribution < -0.4 is 0 Å². The number of thiophene rings is 1. The van der Waals surface area contributed by atoms with Crippen molar-refractivity contribution in [2.24, 2.45) is 0 Å². The van der Waals surface area contributed by atoms with Crippen molar-refractivity contribution in [2.75, 3.05) is 7.11 Å². The van der Waals surface area contributed by atoms with Crippen LogP contribution in [0.4, 0.5) is 0 Å². The van der Waals surface area contributed by atoms with Crippen molar-refractivity contribution in [3.8, 4) is 11.1 Å². The molecule has 0 bridgehead atoms. The molecule has 0 saturated heterocycles. The lowest BCUT2D eigenvalue weighted by Gasteiger charge is -2.10. The quantitative estimate of drug-likeness (QED) is 0.342. The zero-order valence-corrected chi connectivity index (χ0v) is 18.8. The van der Waals surface area contributed by atoms with Gasteiger partial charge in [-0.2, -0.15) is 5.26 Å². The van der Waals surface area contributed by atoms with Gasteiger partial charge >= 0.3 is 5.97 Å². The molecule has 0 aliphatic rings. The van der Waals surface area contributed by atoms with E-state index >= 15 is 0 Å². The van der Waals surface area contributed by atoms with E-state index in [1.54, 1.807) is 11.3 Å². The van der Waals surface area contributed by atoms with Crippen molar-refractivity contribution in [3.05, 3.63) is 69.1 Å². The molecular weight excluding hydrogens is 408 g/mol. The van der Waals surface area contributed by atoms with Crippen molar-refractivity contribution < 1.29 is 9.53 Å². The minimum atomic E-state index is -0.346. The predicted octanol–water partition coefficient (Wildman–Crippen LogP) is 5.50. The largest absolute Gasteiger partial charge is 0.465 e. The van der Waals surface area contributed by atoms with Crippen molar-refractivity contribution in [2.45, 2.75) is 27.7 Å². The number of methoxy groups -OCH3 is 1. The van der Waals surface area contributed by atoms with E-state index in [1.807, 2.05) is 64.1 Å². The Kier molecular flexibility index (Phi) is 5.25. The average Bonchev–Trinajstić information content (AvgIpc) is 3.39. The van der Waals surface area contributed by atoms with E-state index < -0.39 is 0 Å². The van der Waals surface area contributed by atoms with Gasteiger partial charge in [-0.3, -0.25) is 0 Å². The minimum absolute atomic E-state index is 0.346. The zero-order chi connectivity index (χ0) is 22.3. The van der Waals surface area contributed by atoms with Gasteiger partial charge in [-0.15, -0.1) is 11.3 Å². The third kappa shape index (κ3) is 3.45. The number of aromatic nitrogens is 3. The van der Waals surface area contributed by atoms with Crippen molar-refractivity contribution in [3.63, 3.8) is 0 Å². The summed E-state index contributed by atoms with van der Waals surface area (Å²) in [7, 11) is 1.40. The van der Waals surface area contributed by atoms with Gasteiger partial charge in [-0.05, 0) is 63.1 Å².